The maximum Gasteiger partial charge on any atom is 0.119 e. The number of fused-ring (bicyclic) bond motifs is 1. The third-order valence-electron chi connectivity index (χ3n) is 3.61. The van der Waals surface area contributed by atoms with E-state index in [2.05, 4.69) is 41.6 Å². The molecule has 8 heteroatoms. The van der Waals surface area contributed by atoms with Gasteiger partial charge in [-0.3, -0.25) is 0 Å². The molecule has 2 aromatic rings. The predicted octanol–water partition coefficient (Wildman–Crippen LogP) is 7.14. The van der Waals surface area contributed by atoms with Crippen LogP contribution in [0.5, 0.6) is 5.75 Å². The van der Waals surface area contributed by atoms with E-state index in [1.807, 2.05) is 82.7 Å². The van der Waals surface area contributed by atoms with Crippen molar-refractivity contribution >= 4 is 70.6 Å². The van der Waals surface area contributed by atoms with Crippen molar-refractivity contribution in [3.63, 3.8) is 0 Å². The standard InChI is InChI=1S/C17H15NOS6/c1-19-11-6-4-10(5-7-11)18-8-12-13(9-18)23-16(22-12)17-24-14(20-2)15(21-3)25-17/h4-9H,1-3H3. The molecule has 0 saturated carbocycles. The molecule has 0 amide bonds. The van der Waals surface area contributed by atoms with Gasteiger partial charge in [0.1, 0.15) is 5.75 Å². The lowest BCUT2D eigenvalue weighted by molar-refractivity contribution is 0.415. The van der Waals surface area contributed by atoms with E-state index in [1.165, 1.54) is 26.7 Å². The maximum absolute atomic E-state index is 5.24. The summed E-state index contributed by atoms with van der Waals surface area (Å²) in [7, 11) is 1.69. The first-order valence-electron chi connectivity index (χ1n) is 7.36. The molecule has 0 N–H and O–H groups in total. The van der Waals surface area contributed by atoms with Gasteiger partial charge in [-0.2, -0.15) is 0 Å². The SMILES string of the molecule is COc1ccc(-n2cc3c(c2)SC(=C2SC(SC)=C(SC)S2)S3)cc1. The van der Waals surface area contributed by atoms with Crippen molar-refractivity contribution in [2.24, 2.45) is 0 Å². The first kappa shape index (κ1) is 18.3. The fourth-order valence-electron chi connectivity index (χ4n) is 2.38. The van der Waals surface area contributed by atoms with Crippen molar-refractivity contribution in [3.8, 4) is 11.4 Å². The number of hydrogen-bond acceptors (Lipinski definition) is 7. The third kappa shape index (κ3) is 3.66. The molecule has 0 unspecified atom stereocenters. The smallest absolute Gasteiger partial charge is 0.119 e. The number of rotatable bonds is 4. The number of nitrogens with zero attached hydrogens (tertiary/aromatic N) is 1. The molecule has 2 aliphatic rings. The molecule has 1 aromatic carbocycles. The molecule has 25 heavy (non-hydrogen) atoms. The number of methoxy groups -OCH3 is 1. The first-order chi connectivity index (χ1) is 12.2. The summed E-state index contributed by atoms with van der Waals surface area (Å²) in [4.78, 5) is 2.68. The van der Waals surface area contributed by atoms with Crippen LogP contribution < -0.4 is 4.74 Å². The molecule has 0 aliphatic carbocycles. The normalized spacial score (nSPS) is 16.8. The Kier molecular flexibility index (Phi) is 5.74. The van der Waals surface area contributed by atoms with E-state index in [0.717, 1.165) is 11.4 Å². The van der Waals surface area contributed by atoms with Crippen molar-refractivity contribution in [1.82, 2.24) is 4.57 Å². The summed E-state index contributed by atoms with van der Waals surface area (Å²) >= 11 is 11.3. The van der Waals surface area contributed by atoms with Gasteiger partial charge in [-0.1, -0.05) is 47.0 Å². The van der Waals surface area contributed by atoms with Crippen LogP contribution in [0.25, 0.3) is 5.69 Å². The van der Waals surface area contributed by atoms with Gasteiger partial charge in [0.15, 0.2) is 0 Å². The Bertz CT molecular complexity index is 824. The zero-order valence-corrected chi connectivity index (χ0v) is 18.7. The molecule has 1 aromatic heterocycles. The van der Waals surface area contributed by atoms with E-state index in [4.69, 9.17) is 4.74 Å². The average Bonchev–Trinajstić information content (AvgIpc) is 3.33. The highest BCUT2D eigenvalue weighted by Gasteiger charge is 2.29. The molecule has 0 saturated heterocycles. The zero-order chi connectivity index (χ0) is 17.4. The summed E-state index contributed by atoms with van der Waals surface area (Å²) in [5.41, 5.74) is 1.16. The summed E-state index contributed by atoms with van der Waals surface area (Å²) in [6.07, 6.45) is 8.78. The largest absolute Gasteiger partial charge is 0.497 e. The summed E-state index contributed by atoms with van der Waals surface area (Å²) in [5, 5.41) is 0. The van der Waals surface area contributed by atoms with Crippen LogP contribution in [0.15, 0.2) is 63.4 Å². The number of benzene rings is 1. The van der Waals surface area contributed by atoms with Crippen LogP contribution in [0.3, 0.4) is 0 Å². The highest BCUT2D eigenvalue weighted by atomic mass is 32.3. The monoisotopic (exact) mass is 441 g/mol. The van der Waals surface area contributed by atoms with Crippen molar-refractivity contribution in [2.45, 2.75) is 9.79 Å². The van der Waals surface area contributed by atoms with Crippen LogP contribution in [0, 0.1) is 0 Å². The maximum atomic E-state index is 5.24. The molecular formula is C17H15NOS6. The van der Waals surface area contributed by atoms with Gasteiger partial charge in [-0.05, 0) is 36.8 Å². The van der Waals surface area contributed by atoms with Crippen molar-refractivity contribution < 1.29 is 4.74 Å². The Morgan fingerprint density at radius 3 is 1.80 bits per heavy atom. The van der Waals surface area contributed by atoms with E-state index in [-0.39, 0.29) is 0 Å². The third-order valence-corrected chi connectivity index (χ3v) is 11.8. The van der Waals surface area contributed by atoms with E-state index >= 15 is 0 Å². The van der Waals surface area contributed by atoms with E-state index in [1.54, 1.807) is 7.11 Å². The summed E-state index contributed by atoms with van der Waals surface area (Å²) in [6.45, 7) is 0. The second-order valence-corrected chi connectivity index (χ2v) is 11.9. The number of ether oxygens (including phenoxy) is 1. The van der Waals surface area contributed by atoms with Crippen molar-refractivity contribution in [3.05, 3.63) is 53.6 Å². The zero-order valence-electron chi connectivity index (χ0n) is 13.8. The van der Waals surface area contributed by atoms with Gasteiger partial charge < -0.3 is 9.30 Å². The van der Waals surface area contributed by atoms with Gasteiger partial charge in [0.25, 0.3) is 0 Å². The second kappa shape index (κ2) is 7.86. The van der Waals surface area contributed by atoms with Gasteiger partial charge in [-0.25, -0.2) is 0 Å². The molecule has 2 nitrogen and oxygen atoms in total. The molecule has 0 radical (unpaired) electrons. The topological polar surface area (TPSA) is 14.2 Å². The minimum Gasteiger partial charge on any atom is -0.497 e. The lowest BCUT2D eigenvalue weighted by Crippen LogP contribution is -1.90. The number of hydrogen-bond donors (Lipinski definition) is 0. The van der Waals surface area contributed by atoms with E-state index in [0.29, 0.717) is 0 Å². The van der Waals surface area contributed by atoms with Crippen LogP contribution in [0.4, 0.5) is 0 Å². The van der Waals surface area contributed by atoms with Crippen molar-refractivity contribution in [1.29, 1.82) is 0 Å². The van der Waals surface area contributed by atoms with Crippen molar-refractivity contribution in [2.75, 3.05) is 19.6 Å². The fraction of sp³-hybridized carbons (Fsp3) is 0.176. The minimum atomic E-state index is 0.885. The van der Waals surface area contributed by atoms with Crippen LogP contribution in [0.2, 0.25) is 0 Å². The summed E-state index contributed by atoms with van der Waals surface area (Å²) in [6, 6.07) is 8.18. The predicted molar refractivity (Wildman–Crippen MR) is 120 cm³/mol. The Morgan fingerprint density at radius 2 is 1.32 bits per heavy atom. The second-order valence-electron chi connectivity index (χ2n) is 5.06. The average molecular weight is 442 g/mol. The summed E-state index contributed by atoms with van der Waals surface area (Å²) < 4.78 is 13.1. The lowest BCUT2D eigenvalue weighted by atomic mass is 10.3. The van der Waals surface area contributed by atoms with E-state index < -0.39 is 0 Å². The molecule has 0 spiro atoms. The Balaban J connectivity index is 1.53. The molecule has 3 heterocycles. The quantitative estimate of drug-likeness (QED) is 0.494. The fourth-order valence-corrected chi connectivity index (χ4v) is 10.2. The van der Waals surface area contributed by atoms with Gasteiger partial charge in [0.2, 0.25) is 0 Å². The van der Waals surface area contributed by atoms with Gasteiger partial charge in [0, 0.05) is 27.9 Å². The highest BCUT2D eigenvalue weighted by Crippen LogP contribution is 2.63. The molecule has 4 rings (SSSR count). The van der Waals surface area contributed by atoms with Crippen LogP contribution in [0.1, 0.15) is 0 Å². The molecule has 0 bridgehead atoms. The van der Waals surface area contributed by atoms with Crippen LogP contribution >= 0.6 is 70.6 Å². The highest BCUT2D eigenvalue weighted by molar-refractivity contribution is 8.41. The molecule has 0 atom stereocenters. The molecule has 130 valence electrons. The minimum absolute atomic E-state index is 0.885. The molecule has 0 fully saturated rings. The molecule has 2 aliphatic heterocycles. The molecular weight excluding hydrogens is 427 g/mol. The van der Waals surface area contributed by atoms with Crippen LogP contribution in [-0.2, 0) is 0 Å². The van der Waals surface area contributed by atoms with Gasteiger partial charge in [-0.15, -0.1) is 23.5 Å². The van der Waals surface area contributed by atoms with Gasteiger partial charge in [0.05, 0.1) is 24.1 Å². The Hall–Kier alpha value is -0.120. The first-order valence-corrected chi connectivity index (χ1v) is 13.1. The van der Waals surface area contributed by atoms with Gasteiger partial charge >= 0.3 is 0 Å². The number of thioether (sulfide) groups is 6. The van der Waals surface area contributed by atoms with Crippen LogP contribution in [-0.4, -0.2) is 24.2 Å². The lowest BCUT2D eigenvalue weighted by Gasteiger charge is -2.06. The van der Waals surface area contributed by atoms with E-state index in [9.17, 15) is 0 Å². The number of aromatic nitrogens is 1. The Morgan fingerprint density at radius 1 is 0.800 bits per heavy atom. The summed E-state index contributed by atoms with van der Waals surface area (Å²) in [5.74, 6) is 0.885. The Labute approximate surface area is 173 Å².